The number of halogens is 1. The summed E-state index contributed by atoms with van der Waals surface area (Å²) in [4.78, 5) is 3.97. The van der Waals surface area contributed by atoms with Gasteiger partial charge in [0.15, 0.2) is 6.17 Å². The molecule has 1 heterocycles. The molecule has 0 bridgehead atoms. The molecule has 13 heavy (non-hydrogen) atoms. The highest BCUT2D eigenvalue weighted by atomic mass is 19.1. The summed E-state index contributed by atoms with van der Waals surface area (Å²) in [6.45, 7) is 0. The van der Waals surface area contributed by atoms with E-state index < -0.39 is 0 Å². The Morgan fingerprint density at radius 2 is 2.23 bits per heavy atom. The standard InChI is InChI=1S/C11H7FN/c12-11-5-3-9(4-6-11)10-2-1-7-13-8-10/h1-3,5-8H. The van der Waals surface area contributed by atoms with Crippen LogP contribution in [0.1, 0.15) is 5.56 Å². The van der Waals surface area contributed by atoms with Crippen molar-refractivity contribution in [3.05, 3.63) is 60.2 Å². The van der Waals surface area contributed by atoms with E-state index in [-0.39, 0.29) is 6.17 Å². The monoisotopic (exact) mass is 172 g/mol. The van der Waals surface area contributed by atoms with Crippen LogP contribution in [0, 0.1) is 6.17 Å². The number of nitrogens with zero attached hydrogens (tertiary/aromatic N) is 1. The van der Waals surface area contributed by atoms with E-state index in [0.717, 1.165) is 11.1 Å². The summed E-state index contributed by atoms with van der Waals surface area (Å²) in [6, 6.07) is 3.75. The van der Waals surface area contributed by atoms with Crippen LogP contribution in [0.3, 0.4) is 0 Å². The molecule has 2 heteroatoms. The number of hydrogen-bond acceptors (Lipinski definition) is 1. The highest BCUT2D eigenvalue weighted by Gasteiger charge is 2.04. The van der Waals surface area contributed by atoms with Crippen LogP contribution in [0.4, 0.5) is 4.39 Å². The number of rotatable bonds is 1. The molecule has 0 unspecified atom stereocenters. The third-order valence-electron chi connectivity index (χ3n) is 1.75. The van der Waals surface area contributed by atoms with E-state index in [1.165, 1.54) is 12.2 Å². The molecule has 0 aliphatic heterocycles. The molecule has 0 fully saturated rings. The van der Waals surface area contributed by atoms with Crippen molar-refractivity contribution in [3.63, 3.8) is 0 Å². The highest BCUT2D eigenvalue weighted by molar-refractivity contribution is 5.74. The molecular formula is C11H7FN. The zero-order chi connectivity index (χ0) is 9.10. The number of aromatic nitrogens is 1. The molecule has 0 saturated carbocycles. The van der Waals surface area contributed by atoms with E-state index >= 15 is 0 Å². The second-order valence-electron chi connectivity index (χ2n) is 2.66. The van der Waals surface area contributed by atoms with Crippen molar-refractivity contribution in [2.45, 2.75) is 0 Å². The van der Waals surface area contributed by atoms with Crippen molar-refractivity contribution in [1.82, 2.24) is 4.98 Å². The Morgan fingerprint density at radius 1 is 1.31 bits per heavy atom. The lowest BCUT2D eigenvalue weighted by Crippen LogP contribution is -1.86. The van der Waals surface area contributed by atoms with Gasteiger partial charge in [0, 0.05) is 29.6 Å². The average Bonchev–Trinajstić information content (AvgIpc) is 2.20. The maximum Gasteiger partial charge on any atom is 0.196 e. The van der Waals surface area contributed by atoms with Gasteiger partial charge in [0.25, 0.3) is 0 Å². The molecule has 1 aliphatic carbocycles. The summed E-state index contributed by atoms with van der Waals surface area (Å²) < 4.78 is 12.6. The molecule has 0 spiro atoms. The molecule has 1 nitrogen and oxygen atoms in total. The van der Waals surface area contributed by atoms with E-state index in [4.69, 9.17) is 0 Å². The van der Waals surface area contributed by atoms with E-state index in [1.54, 1.807) is 18.5 Å². The first kappa shape index (κ1) is 7.96. The van der Waals surface area contributed by atoms with Crippen LogP contribution >= 0.6 is 0 Å². The van der Waals surface area contributed by atoms with Gasteiger partial charge in [0.05, 0.1) is 0 Å². The SMILES string of the molecule is F[C]1C=C=C(c2cccnc2)C=C1. The molecule has 1 aliphatic rings. The van der Waals surface area contributed by atoms with Crippen LogP contribution in [0.15, 0.2) is 48.5 Å². The van der Waals surface area contributed by atoms with Crippen molar-refractivity contribution in [1.29, 1.82) is 0 Å². The van der Waals surface area contributed by atoms with Crippen LogP contribution in [0.25, 0.3) is 5.57 Å². The maximum atomic E-state index is 12.6. The minimum Gasteiger partial charge on any atom is -0.264 e. The predicted molar refractivity (Wildman–Crippen MR) is 49.2 cm³/mol. The summed E-state index contributed by atoms with van der Waals surface area (Å²) >= 11 is 0. The lowest BCUT2D eigenvalue weighted by molar-refractivity contribution is 0.588. The lowest BCUT2D eigenvalue weighted by Gasteiger charge is -2.02. The molecule has 0 N–H and O–H groups in total. The lowest BCUT2D eigenvalue weighted by atomic mass is 10.1. The molecule has 0 aromatic carbocycles. The fraction of sp³-hybridized carbons (Fsp3) is 0. The van der Waals surface area contributed by atoms with Gasteiger partial charge in [-0.3, -0.25) is 4.98 Å². The molecule has 0 saturated heterocycles. The van der Waals surface area contributed by atoms with Crippen molar-refractivity contribution >= 4 is 5.57 Å². The number of pyridine rings is 1. The smallest absolute Gasteiger partial charge is 0.196 e. The zero-order valence-electron chi connectivity index (χ0n) is 6.87. The van der Waals surface area contributed by atoms with Gasteiger partial charge >= 0.3 is 0 Å². The van der Waals surface area contributed by atoms with Gasteiger partial charge in [0.2, 0.25) is 0 Å². The maximum absolute atomic E-state index is 12.6. The van der Waals surface area contributed by atoms with Crippen molar-refractivity contribution in [2.75, 3.05) is 0 Å². The first-order valence-corrected chi connectivity index (χ1v) is 3.94. The summed E-state index contributed by atoms with van der Waals surface area (Å²) in [6.07, 6.45) is 7.58. The summed E-state index contributed by atoms with van der Waals surface area (Å²) in [5.74, 6) is 0. The Kier molecular flexibility index (Phi) is 2.07. The Bertz CT molecular complexity index is 386. The fourth-order valence-corrected chi connectivity index (χ4v) is 1.11. The van der Waals surface area contributed by atoms with Crippen LogP contribution in [-0.4, -0.2) is 4.98 Å². The first-order chi connectivity index (χ1) is 6.36. The van der Waals surface area contributed by atoms with Crippen molar-refractivity contribution < 1.29 is 4.39 Å². The van der Waals surface area contributed by atoms with Gasteiger partial charge in [-0.15, -0.1) is 5.73 Å². The van der Waals surface area contributed by atoms with E-state index in [2.05, 4.69) is 10.7 Å². The van der Waals surface area contributed by atoms with Gasteiger partial charge in [-0.25, -0.2) is 4.39 Å². The van der Waals surface area contributed by atoms with Gasteiger partial charge < -0.3 is 0 Å². The molecule has 1 aromatic heterocycles. The molecule has 2 rings (SSSR count). The van der Waals surface area contributed by atoms with Crippen LogP contribution in [0.5, 0.6) is 0 Å². The zero-order valence-corrected chi connectivity index (χ0v) is 6.87. The van der Waals surface area contributed by atoms with E-state index in [9.17, 15) is 4.39 Å². The Balaban J connectivity index is 2.40. The van der Waals surface area contributed by atoms with Gasteiger partial charge in [-0.05, 0) is 18.2 Å². The third-order valence-corrected chi connectivity index (χ3v) is 1.75. The summed E-state index contributed by atoms with van der Waals surface area (Å²) in [7, 11) is 0. The third kappa shape index (κ3) is 1.74. The Hall–Kier alpha value is -1.66. The Morgan fingerprint density at radius 3 is 2.85 bits per heavy atom. The topological polar surface area (TPSA) is 12.9 Å². The second kappa shape index (κ2) is 3.38. The minimum absolute atomic E-state index is 0.271. The van der Waals surface area contributed by atoms with Crippen LogP contribution in [0.2, 0.25) is 0 Å². The van der Waals surface area contributed by atoms with E-state index in [0.29, 0.717) is 0 Å². The molecule has 0 amide bonds. The quantitative estimate of drug-likeness (QED) is 0.593. The highest BCUT2D eigenvalue weighted by Crippen LogP contribution is 2.19. The van der Waals surface area contributed by atoms with E-state index in [1.807, 2.05) is 12.1 Å². The van der Waals surface area contributed by atoms with Crippen LogP contribution < -0.4 is 0 Å². The number of hydrogen-bond donors (Lipinski definition) is 0. The van der Waals surface area contributed by atoms with Crippen molar-refractivity contribution in [3.8, 4) is 0 Å². The molecule has 0 atom stereocenters. The summed E-state index contributed by atoms with van der Waals surface area (Å²) in [5, 5.41) is 0. The molecule has 1 radical (unpaired) electrons. The first-order valence-electron chi connectivity index (χ1n) is 3.94. The largest absolute Gasteiger partial charge is 0.264 e. The van der Waals surface area contributed by atoms with Gasteiger partial charge in [-0.2, -0.15) is 0 Å². The molecule has 63 valence electrons. The van der Waals surface area contributed by atoms with Crippen molar-refractivity contribution in [2.24, 2.45) is 0 Å². The fourth-order valence-electron chi connectivity index (χ4n) is 1.11. The summed E-state index contributed by atoms with van der Waals surface area (Å²) in [5.41, 5.74) is 4.64. The average molecular weight is 172 g/mol. The Labute approximate surface area is 75.9 Å². The minimum atomic E-state index is -0.271. The van der Waals surface area contributed by atoms with Gasteiger partial charge in [-0.1, -0.05) is 6.07 Å². The molecule has 1 aromatic rings. The number of allylic oxidation sites excluding steroid dienone is 3. The predicted octanol–water partition coefficient (Wildman–Crippen LogP) is 2.69. The normalized spacial score (nSPS) is 15.9. The van der Waals surface area contributed by atoms with Crippen LogP contribution in [-0.2, 0) is 0 Å². The van der Waals surface area contributed by atoms with Gasteiger partial charge in [0.1, 0.15) is 0 Å². The second-order valence-corrected chi connectivity index (χ2v) is 2.66. The molecular weight excluding hydrogens is 165 g/mol.